The molecule has 1 saturated carbocycles. The largest absolute Gasteiger partial charge is 0.353 e. The minimum atomic E-state index is 0.245. The van der Waals surface area contributed by atoms with Gasteiger partial charge in [-0.15, -0.1) is 0 Å². The number of rotatable bonds is 4. The number of carbonyl (C=O) groups excluding carboxylic acids is 1. The lowest BCUT2D eigenvalue weighted by molar-refractivity contribution is -0.122. The van der Waals surface area contributed by atoms with Crippen molar-refractivity contribution in [1.82, 2.24) is 5.32 Å². The Hall–Kier alpha value is -1.57. The van der Waals surface area contributed by atoms with Crippen molar-refractivity contribution in [2.75, 3.05) is 0 Å². The lowest BCUT2D eigenvalue weighted by Gasteiger charge is -2.29. The van der Waals surface area contributed by atoms with Gasteiger partial charge in [0.2, 0.25) is 5.91 Å². The lowest BCUT2D eigenvalue weighted by atomic mass is 9.81. The van der Waals surface area contributed by atoms with E-state index in [1.165, 1.54) is 18.4 Å². The average molecular weight is 283 g/mol. The highest BCUT2D eigenvalue weighted by atomic mass is 16.1. The number of benzene rings is 1. The Balaban J connectivity index is 1.43. The number of hydrogen-bond acceptors (Lipinski definition) is 1. The van der Waals surface area contributed by atoms with Crippen LogP contribution in [-0.2, 0) is 4.79 Å². The van der Waals surface area contributed by atoms with Gasteiger partial charge in [-0.25, -0.2) is 0 Å². The summed E-state index contributed by atoms with van der Waals surface area (Å²) in [5.41, 5.74) is 1.46. The molecule has 1 unspecified atom stereocenters. The molecule has 112 valence electrons. The molecule has 2 nitrogen and oxygen atoms in total. The Kier molecular flexibility index (Phi) is 4.74. The molecule has 0 radical (unpaired) electrons. The van der Waals surface area contributed by atoms with Gasteiger partial charge in [-0.1, -0.05) is 42.5 Å². The van der Waals surface area contributed by atoms with E-state index in [1.54, 1.807) is 0 Å². The van der Waals surface area contributed by atoms with Gasteiger partial charge in [0.05, 0.1) is 0 Å². The Labute approximate surface area is 127 Å². The molecule has 0 aromatic heterocycles. The van der Waals surface area contributed by atoms with Crippen LogP contribution >= 0.6 is 0 Å². The van der Waals surface area contributed by atoms with Crippen molar-refractivity contribution in [1.29, 1.82) is 0 Å². The highest BCUT2D eigenvalue weighted by molar-refractivity contribution is 5.76. The maximum absolute atomic E-state index is 12.1. The van der Waals surface area contributed by atoms with E-state index in [4.69, 9.17) is 0 Å². The van der Waals surface area contributed by atoms with Crippen molar-refractivity contribution >= 4 is 5.91 Å². The first kappa shape index (κ1) is 14.4. The van der Waals surface area contributed by atoms with Gasteiger partial charge in [-0.2, -0.15) is 0 Å². The molecule has 0 bridgehead atoms. The van der Waals surface area contributed by atoms with E-state index in [0.29, 0.717) is 24.3 Å². The first-order chi connectivity index (χ1) is 10.3. The topological polar surface area (TPSA) is 29.1 Å². The first-order valence-electron chi connectivity index (χ1n) is 8.32. The summed E-state index contributed by atoms with van der Waals surface area (Å²) in [5.74, 6) is 1.40. The van der Waals surface area contributed by atoms with E-state index < -0.39 is 0 Å². The van der Waals surface area contributed by atoms with E-state index in [9.17, 15) is 4.79 Å². The SMILES string of the molecule is O=C(CC1C=CCC1)NC1CCC(c2ccccc2)CC1. The normalized spacial score (nSPS) is 28.5. The second kappa shape index (κ2) is 6.93. The number of carbonyl (C=O) groups is 1. The van der Waals surface area contributed by atoms with Gasteiger partial charge in [0.25, 0.3) is 0 Å². The second-order valence-corrected chi connectivity index (χ2v) is 6.50. The van der Waals surface area contributed by atoms with Crippen LogP contribution < -0.4 is 5.32 Å². The molecule has 21 heavy (non-hydrogen) atoms. The summed E-state index contributed by atoms with van der Waals surface area (Å²) in [4.78, 5) is 12.1. The van der Waals surface area contributed by atoms with Crippen LogP contribution in [0.3, 0.4) is 0 Å². The zero-order chi connectivity index (χ0) is 14.5. The summed E-state index contributed by atoms with van der Waals surface area (Å²) in [6.07, 6.45) is 12.0. The molecule has 2 heteroatoms. The highest BCUT2D eigenvalue weighted by Crippen LogP contribution is 2.32. The van der Waals surface area contributed by atoms with Gasteiger partial charge in [0, 0.05) is 12.5 Å². The number of hydrogen-bond donors (Lipinski definition) is 1. The predicted octanol–water partition coefficient (Wildman–Crippen LogP) is 4.19. The third-order valence-corrected chi connectivity index (χ3v) is 4.92. The van der Waals surface area contributed by atoms with Gasteiger partial charge in [0.1, 0.15) is 0 Å². The van der Waals surface area contributed by atoms with Crippen molar-refractivity contribution in [3.63, 3.8) is 0 Å². The van der Waals surface area contributed by atoms with Crippen molar-refractivity contribution < 1.29 is 4.79 Å². The first-order valence-corrected chi connectivity index (χ1v) is 8.32. The van der Waals surface area contributed by atoms with Gasteiger partial charge >= 0.3 is 0 Å². The van der Waals surface area contributed by atoms with Gasteiger partial charge in [0.15, 0.2) is 0 Å². The zero-order valence-electron chi connectivity index (χ0n) is 12.6. The third-order valence-electron chi connectivity index (χ3n) is 4.92. The van der Waals surface area contributed by atoms with Crippen LogP contribution in [0.1, 0.15) is 56.4 Å². The highest BCUT2D eigenvalue weighted by Gasteiger charge is 2.24. The fraction of sp³-hybridized carbons (Fsp3) is 0.526. The van der Waals surface area contributed by atoms with Gasteiger partial charge in [-0.3, -0.25) is 4.79 Å². The molecule has 0 saturated heterocycles. The summed E-state index contributed by atoms with van der Waals surface area (Å²) >= 11 is 0. The van der Waals surface area contributed by atoms with E-state index >= 15 is 0 Å². The summed E-state index contributed by atoms with van der Waals surface area (Å²) < 4.78 is 0. The fourth-order valence-electron chi connectivity index (χ4n) is 3.69. The molecular formula is C19H25NO. The Morgan fingerprint density at radius 2 is 1.81 bits per heavy atom. The molecule has 1 fully saturated rings. The Morgan fingerprint density at radius 1 is 1.05 bits per heavy atom. The minimum absolute atomic E-state index is 0.245. The van der Waals surface area contributed by atoms with Crippen molar-refractivity contribution in [3.8, 4) is 0 Å². The molecule has 2 aliphatic carbocycles. The second-order valence-electron chi connectivity index (χ2n) is 6.50. The molecule has 1 N–H and O–H groups in total. The van der Waals surface area contributed by atoms with Crippen molar-refractivity contribution in [3.05, 3.63) is 48.0 Å². The number of allylic oxidation sites excluding steroid dienone is 2. The van der Waals surface area contributed by atoms with Gasteiger partial charge in [-0.05, 0) is 55.9 Å². The molecule has 0 spiro atoms. The standard InChI is InChI=1S/C19H25NO/c21-19(14-15-6-4-5-7-15)20-18-12-10-17(11-13-18)16-8-2-1-3-9-16/h1-4,6,8-9,15,17-18H,5,7,10-14H2,(H,20,21). The third kappa shape index (κ3) is 3.96. The maximum atomic E-state index is 12.1. The Morgan fingerprint density at radius 3 is 2.48 bits per heavy atom. The molecule has 0 heterocycles. The molecule has 1 amide bonds. The number of amides is 1. The number of nitrogens with one attached hydrogen (secondary N) is 1. The molecule has 3 rings (SSSR count). The van der Waals surface area contributed by atoms with E-state index in [2.05, 4.69) is 47.8 Å². The Bertz CT molecular complexity index is 486. The molecule has 1 aromatic rings. The van der Waals surface area contributed by atoms with Crippen molar-refractivity contribution in [2.45, 2.75) is 56.9 Å². The van der Waals surface area contributed by atoms with Gasteiger partial charge < -0.3 is 5.32 Å². The summed E-state index contributed by atoms with van der Waals surface area (Å²) in [7, 11) is 0. The molecule has 0 aliphatic heterocycles. The fourth-order valence-corrected chi connectivity index (χ4v) is 3.69. The lowest BCUT2D eigenvalue weighted by Crippen LogP contribution is -2.37. The maximum Gasteiger partial charge on any atom is 0.220 e. The molecular weight excluding hydrogens is 258 g/mol. The van der Waals surface area contributed by atoms with Crippen LogP contribution in [-0.4, -0.2) is 11.9 Å². The summed E-state index contributed by atoms with van der Waals surface area (Å²) in [6, 6.07) is 11.2. The van der Waals surface area contributed by atoms with E-state index in [-0.39, 0.29) is 5.91 Å². The van der Waals surface area contributed by atoms with Crippen LogP contribution in [0, 0.1) is 5.92 Å². The molecule has 1 atom stereocenters. The van der Waals surface area contributed by atoms with Crippen LogP contribution in [0.2, 0.25) is 0 Å². The van der Waals surface area contributed by atoms with Crippen LogP contribution in [0.5, 0.6) is 0 Å². The van der Waals surface area contributed by atoms with Crippen LogP contribution in [0.25, 0.3) is 0 Å². The predicted molar refractivity (Wildman–Crippen MR) is 86.1 cm³/mol. The monoisotopic (exact) mass is 283 g/mol. The quantitative estimate of drug-likeness (QED) is 0.825. The van der Waals surface area contributed by atoms with Crippen LogP contribution in [0.15, 0.2) is 42.5 Å². The smallest absolute Gasteiger partial charge is 0.220 e. The molecule has 1 aromatic carbocycles. The van der Waals surface area contributed by atoms with Crippen LogP contribution in [0.4, 0.5) is 0 Å². The minimum Gasteiger partial charge on any atom is -0.353 e. The summed E-state index contributed by atoms with van der Waals surface area (Å²) in [5, 5.41) is 3.24. The molecule has 2 aliphatic rings. The van der Waals surface area contributed by atoms with E-state index in [1.807, 2.05) is 0 Å². The zero-order valence-corrected chi connectivity index (χ0v) is 12.6. The van der Waals surface area contributed by atoms with Crippen molar-refractivity contribution in [2.24, 2.45) is 5.92 Å². The van der Waals surface area contributed by atoms with E-state index in [0.717, 1.165) is 25.7 Å². The summed E-state index contributed by atoms with van der Waals surface area (Å²) in [6.45, 7) is 0. The average Bonchev–Trinajstić information content (AvgIpc) is 3.02.